The number of nitrogens with zero attached hydrogens (tertiary/aromatic N) is 5. The van der Waals surface area contributed by atoms with Crippen molar-refractivity contribution in [1.82, 2.24) is 14.7 Å². The van der Waals surface area contributed by atoms with Crippen molar-refractivity contribution in [2.45, 2.75) is 6.54 Å². The summed E-state index contributed by atoms with van der Waals surface area (Å²) in [5, 5.41) is 4.80. The highest BCUT2D eigenvalue weighted by Crippen LogP contribution is 2.30. The Bertz CT molecular complexity index is 1090. The van der Waals surface area contributed by atoms with Crippen LogP contribution in [-0.2, 0) is 16.1 Å². The van der Waals surface area contributed by atoms with Crippen LogP contribution in [0.2, 0.25) is 0 Å². The fourth-order valence-electron chi connectivity index (χ4n) is 4.47. The van der Waals surface area contributed by atoms with E-state index in [0.717, 1.165) is 30.0 Å². The molecule has 0 radical (unpaired) electrons. The number of hydrogen-bond donors (Lipinski definition) is 0. The molecule has 0 unspecified atom stereocenters. The maximum atomic E-state index is 14.1. The molecule has 2 aliphatic rings. The van der Waals surface area contributed by atoms with Crippen molar-refractivity contribution >= 4 is 17.4 Å². The first-order chi connectivity index (χ1) is 16.2. The van der Waals surface area contributed by atoms with E-state index in [0.29, 0.717) is 45.1 Å². The highest BCUT2D eigenvalue weighted by atomic mass is 19.1. The van der Waals surface area contributed by atoms with Crippen LogP contribution in [0.15, 0.2) is 60.8 Å². The first-order valence-corrected chi connectivity index (χ1v) is 11.4. The normalized spacial score (nSPS) is 16.8. The molecule has 7 nitrogen and oxygen atoms in total. The number of aromatic nitrogens is 2. The number of halogens is 1. The van der Waals surface area contributed by atoms with Gasteiger partial charge in [-0.3, -0.25) is 9.48 Å². The van der Waals surface area contributed by atoms with Gasteiger partial charge in [-0.2, -0.15) is 5.10 Å². The molecule has 3 heterocycles. The lowest BCUT2D eigenvalue weighted by Crippen LogP contribution is -2.49. The number of morpholine rings is 1. The van der Waals surface area contributed by atoms with E-state index in [2.05, 4.69) is 17.0 Å². The third-order valence-electron chi connectivity index (χ3n) is 6.26. The van der Waals surface area contributed by atoms with Crippen molar-refractivity contribution in [3.05, 3.63) is 66.6 Å². The second-order valence-electron chi connectivity index (χ2n) is 8.35. The van der Waals surface area contributed by atoms with Crippen molar-refractivity contribution in [3.8, 4) is 11.1 Å². The highest BCUT2D eigenvalue weighted by molar-refractivity contribution is 5.78. The average Bonchev–Trinajstić information content (AvgIpc) is 3.29. The van der Waals surface area contributed by atoms with Crippen LogP contribution in [0.4, 0.5) is 15.9 Å². The Kier molecular flexibility index (Phi) is 6.26. The molecule has 33 heavy (non-hydrogen) atoms. The highest BCUT2D eigenvalue weighted by Gasteiger charge is 2.25. The quantitative estimate of drug-likeness (QED) is 0.600. The predicted molar refractivity (Wildman–Crippen MR) is 126 cm³/mol. The number of hydrogen-bond acceptors (Lipinski definition) is 5. The topological polar surface area (TPSA) is 53.8 Å². The minimum atomic E-state index is -0.224. The van der Waals surface area contributed by atoms with Gasteiger partial charge in [0.05, 0.1) is 18.9 Å². The van der Waals surface area contributed by atoms with Crippen LogP contribution < -0.4 is 9.80 Å². The molecular weight excluding hydrogens is 421 g/mol. The van der Waals surface area contributed by atoms with Crippen LogP contribution >= 0.6 is 0 Å². The molecule has 0 N–H and O–H groups in total. The lowest BCUT2D eigenvalue weighted by molar-refractivity contribution is -0.132. The number of benzene rings is 2. The zero-order chi connectivity index (χ0) is 22.6. The second-order valence-corrected chi connectivity index (χ2v) is 8.35. The summed E-state index contributed by atoms with van der Waals surface area (Å²) in [5.74, 6) is 0.693. The van der Waals surface area contributed by atoms with Crippen molar-refractivity contribution in [2.75, 3.05) is 62.3 Å². The van der Waals surface area contributed by atoms with Gasteiger partial charge in [-0.15, -0.1) is 0 Å². The molecule has 0 spiro atoms. The Morgan fingerprint density at radius 1 is 0.879 bits per heavy atom. The maximum absolute atomic E-state index is 14.1. The van der Waals surface area contributed by atoms with Gasteiger partial charge < -0.3 is 19.4 Å². The van der Waals surface area contributed by atoms with E-state index >= 15 is 0 Å². The molecule has 1 aromatic heterocycles. The number of rotatable bonds is 5. The summed E-state index contributed by atoms with van der Waals surface area (Å²) in [7, 11) is 0. The van der Waals surface area contributed by atoms with Gasteiger partial charge in [0.15, 0.2) is 5.82 Å². The molecule has 1 amide bonds. The Balaban J connectivity index is 1.28. The minimum Gasteiger partial charge on any atom is -0.378 e. The first kappa shape index (κ1) is 21.5. The number of para-hydroxylation sites is 1. The number of anilines is 2. The summed E-state index contributed by atoms with van der Waals surface area (Å²) in [6, 6.07) is 16.9. The van der Waals surface area contributed by atoms with Gasteiger partial charge in [-0.25, -0.2) is 4.39 Å². The van der Waals surface area contributed by atoms with Gasteiger partial charge in [0.2, 0.25) is 5.91 Å². The van der Waals surface area contributed by atoms with Crippen LogP contribution in [0.3, 0.4) is 0 Å². The number of carbonyl (C=O) groups excluding carboxylic acids is 1. The lowest BCUT2D eigenvalue weighted by Gasteiger charge is -2.36. The van der Waals surface area contributed by atoms with Gasteiger partial charge in [-0.05, 0) is 17.7 Å². The van der Waals surface area contributed by atoms with E-state index < -0.39 is 0 Å². The molecule has 0 saturated carbocycles. The second kappa shape index (κ2) is 9.62. The Labute approximate surface area is 193 Å². The van der Waals surface area contributed by atoms with E-state index in [9.17, 15) is 9.18 Å². The van der Waals surface area contributed by atoms with Crippen LogP contribution in [0, 0.1) is 5.82 Å². The molecule has 172 valence electrons. The molecule has 2 aromatic carbocycles. The fourth-order valence-corrected chi connectivity index (χ4v) is 4.47. The van der Waals surface area contributed by atoms with Crippen molar-refractivity contribution in [3.63, 3.8) is 0 Å². The molecular formula is C25H28FN5O2. The third kappa shape index (κ3) is 4.71. The molecule has 8 heteroatoms. The van der Waals surface area contributed by atoms with Gasteiger partial charge >= 0.3 is 0 Å². The number of piperazine rings is 1. The Morgan fingerprint density at radius 3 is 2.30 bits per heavy atom. The smallest absolute Gasteiger partial charge is 0.244 e. The maximum Gasteiger partial charge on any atom is 0.244 e. The molecule has 2 aliphatic heterocycles. The zero-order valence-electron chi connectivity index (χ0n) is 18.6. The van der Waals surface area contributed by atoms with Crippen molar-refractivity contribution < 1.29 is 13.9 Å². The van der Waals surface area contributed by atoms with Gasteiger partial charge in [0, 0.05) is 51.0 Å². The van der Waals surface area contributed by atoms with Gasteiger partial charge in [-0.1, -0.05) is 42.5 Å². The summed E-state index contributed by atoms with van der Waals surface area (Å²) in [5.41, 5.74) is 2.70. The molecule has 0 atom stereocenters. The van der Waals surface area contributed by atoms with E-state index in [4.69, 9.17) is 9.84 Å². The van der Waals surface area contributed by atoms with E-state index in [1.54, 1.807) is 16.8 Å². The number of ether oxygens (including phenoxy) is 1. The summed E-state index contributed by atoms with van der Waals surface area (Å²) < 4.78 is 21.4. The summed E-state index contributed by atoms with van der Waals surface area (Å²) in [6.45, 7) is 5.45. The summed E-state index contributed by atoms with van der Waals surface area (Å²) in [6.07, 6.45) is 1.97. The minimum absolute atomic E-state index is 0.0267. The molecule has 2 fully saturated rings. The largest absolute Gasteiger partial charge is 0.378 e. The predicted octanol–water partition coefficient (Wildman–Crippen LogP) is 2.87. The average molecular weight is 450 g/mol. The van der Waals surface area contributed by atoms with Crippen molar-refractivity contribution in [1.29, 1.82) is 0 Å². The standard InChI is InChI=1S/C25H28FN5O2/c26-22-8-4-5-9-23(22)28-10-12-29(13-11-28)24(32)19-31-18-21(20-6-2-1-3-7-20)25(27-31)30-14-16-33-17-15-30/h1-9,18H,10-17,19H2. The SMILES string of the molecule is O=C(Cn1cc(-c2ccccc2)c(N2CCOCC2)n1)N1CCN(c2ccccc2F)CC1. The van der Waals surface area contributed by atoms with Crippen LogP contribution in [0.5, 0.6) is 0 Å². The number of carbonyl (C=O) groups is 1. The van der Waals surface area contributed by atoms with Crippen LogP contribution in [-0.4, -0.2) is 73.1 Å². The lowest BCUT2D eigenvalue weighted by atomic mass is 10.1. The Morgan fingerprint density at radius 2 is 1.58 bits per heavy atom. The molecule has 2 saturated heterocycles. The van der Waals surface area contributed by atoms with E-state index in [1.165, 1.54) is 6.07 Å². The van der Waals surface area contributed by atoms with Gasteiger partial charge in [0.25, 0.3) is 0 Å². The molecule has 3 aromatic rings. The summed E-state index contributed by atoms with van der Waals surface area (Å²) in [4.78, 5) is 19.1. The van der Waals surface area contributed by atoms with E-state index in [-0.39, 0.29) is 18.3 Å². The fraction of sp³-hybridized carbons (Fsp3) is 0.360. The molecule has 0 aliphatic carbocycles. The molecule has 5 rings (SSSR count). The summed E-state index contributed by atoms with van der Waals surface area (Å²) >= 11 is 0. The monoisotopic (exact) mass is 449 g/mol. The molecule has 0 bridgehead atoms. The van der Waals surface area contributed by atoms with Crippen LogP contribution in [0.1, 0.15) is 0 Å². The zero-order valence-corrected chi connectivity index (χ0v) is 18.6. The van der Waals surface area contributed by atoms with Crippen molar-refractivity contribution in [2.24, 2.45) is 0 Å². The van der Waals surface area contributed by atoms with Gasteiger partial charge in [0.1, 0.15) is 12.4 Å². The third-order valence-corrected chi connectivity index (χ3v) is 6.26. The number of amides is 1. The Hall–Kier alpha value is -3.39. The van der Waals surface area contributed by atoms with E-state index in [1.807, 2.05) is 40.3 Å². The van der Waals surface area contributed by atoms with Crippen LogP contribution in [0.25, 0.3) is 11.1 Å². The first-order valence-electron chi connectivity index (χ1n) is 11.4.